The molecule has 0 bridgehead atoms. The smallest absolute Gasteiger partial charge is 0.322 e. The van der Waals surface area contributed by atoms with Crippen molar-refractivity contribution in [2.45, 2.75) is 51.6 Å². The first-order valence-electron chi connectivity index (χ1n) is 11.7. The van der Waals surface area contributed by atoms with Crippen LogP contribution in [-0.2, 0) is 19.1 Å². The van der Waals surface area contributed by atoms with E-state index in [0.29, 0.717) is 42.1 Å². The number of Topliss-reactive ketones (excluding diaryl/α,β-unsaturated/α-hetero) is 1. The number of ether oxygens (including phenoxy) is 3. The van der Waals surface area contributed by atoms with Crippen molar-refractivity contribution in [1.29, 1.82) is 0 Å². The van der Waals surface area contributed by atoms with Gasteiger partial charge in [0.15, 0.2) is 17.3 Å². The molecule has 1 amide bonds. The molecule has 36 heavy (non-hydrogen) atoms. The van der Waals surface area contributed by atoms with Gasteiger partial charge in [0.2, 0.25) is 5.91 Å². The van der Waals surface area contributed by atoms with Crippen LogP contribution in [0.25, 0.3) is 10.1 Å². The van der Waals surface area contributed by atoms with E-state index in [-0.39, 0.29) is 24.5 Å². The molecule has 0 fully saturated rings. The van der Waals surface area contributed by atoms with E-state index in [0.717, 1.165) is 10.1 Å². The van der Waals surface area contributed by atoms with Gasteiger partial charge in [-0.05, 0) is 49.3 Å². The third-order valence-electron chi connectivity index (χ3n) is 6.28. The van der Waals surface area contributed by atoms with Gasteiger partial charge >= 0.3 is 11.9 Å². The lowest BCUT2D eigenvalue weighted by Gasteiger charge is -2.30. The first kappa shape index (κ1) is 27.2. The fraction of sp³-hybridized carbons (Fsp3) is 0.462. The zero-order valence-electron chi connectivity index (χ0n) is 20.6. The molecule has 0 saturated heterocycles. The molecule has 2 N–H and O–H groups in total. The van der Waals surface area contributed by atoms with Crippen LogP contribution in [0.5, 0.6) is 11.5 Å². The molecule has 9 nitrogen and oxygen atoms in total. The van der Waals surface area contributed by atoms with E-state index in [2.05, 4.69) is 5.32 Å². The molecule has 1 aliphatic carbocycles. The first-order chi connectivity index (χ1) is 17.1. The Morgan fingerprint density at radius 3 is 2.50 bits per heavy atom. The van der Waals surface area contributed by atoms with E-state index in [1.807, 2.05) is 18.2 Å². The summed E-state index contributed by atoms with van der Waals surface area (Å²) < 4.78 is 17.1. The summed E-state index contributed by atoms with van der Waals surface area (Å²) in [5.41, 5.74) is -0.757. The van der Waals surface area contributed by atoms with Crippen LogP contribution in [0, 0.1) is 5.41 Å². The van der Waals surface area contributed by atoms with Crippen LogP contribution in [0.3, 0.4) is 0 Å². The number of hydrogen-bond acceptors (Lipinski definition) is 8. The van der Waals surface area contributed by atoms with Crippen LogP contribution in [0.2, 0.25) is 0 Å². The highest BCUT2D eigenvalue weighted by Crippen LogP contribution is 2.37. The third-order valence-corrected chi connectivity index (χ3v) is 7.42. The molecule has 2 aromatic rings. The molecule has 1 aromatic heterocycles. The Morgan fingerprint density at radius 2 is 1.81 bits per heavy atom. The Bertz CT molecular complexity index is 1130. The highest BCUT2D eigenvalue weighted by Gasteiger charge is 2.34. The normalized spacial score (nSPS) is 20.6. The van der Waals surface area contributed by atoms with Gasteiger partial charge < -0.3 is 24.6 Å². The quantitative estimate of drug-likeness (QED) is 0.274. The van der Waals surface area contributed by atoms with E-state index in [4.69, 9.17) is 19.3 Å². The minimum Gasteiger partial charge on any atom is -0.493 e. The van der Waals surface area contributed by atoms with Crippen molar-refractivity contribution in [3.8, 4) is 11.5 Å². The third kappa shape index (κ3) is 6.84. The van der Waals surface area contributed by atoms with Crippen LogP contribution in [-0.4, -0.2) is 55.6 Å². The monoisotopic (exact) mass is 517 g/mol. The molecule has 3 rings (SSSR count). The summed E-state index contributed by atoms with van der Waals surface area (Å²) in [4.78, 5) is 49.0. The zero-order chi connectivity index (χ0) is 26.3. The zero-order valence-corrected chi connectivity index (χ0v) is 21.4. The Labute approximate surface area is 213 Å². The van der Waals surface area contributed by atoms with Gasteiger partial charge in [-0.1, -0.05) is 13.0 Å². The van der Waals surface area contributed by atoms with Crippen LogP contribution >= 0.6 is 11.3 Å². The molecular formula is C26H31NO8S. The molecule has 0 radical (unpaired) electrons. The molecule has 1 heterocycles. The predicted octanol–water partition coefficient (Wildman–Crippen LogP) is 4.13. The lowest BCUT2D eigenvalue weighted by atomic mass is 9.78. The van der Waals surface area contributed by atoms with Gasteiger partial charge in [-0.25, -0.2) is 0 Å². The van der Waals surface area contributed by atoms with E-state index >= 15 is 0 Å². The van der Waals surface area contributed by atoms with Crippen molar-refractivity contribution in [2.24, 2.45) is 5.41 Å². The van der Waals surface area contributed by atoms with Crippen molar-refractivity contribution in [3.05, 3.63) is 35.2 Å². The summed E-state index contributed by atoms with van der Waals surface area (Å²) >= 11 is 1.33. The molecule has 0 unspecified atom stereocenters. The molecule has 194 valence electrons. The average Bonchev–Trinajstić information content (AvgIpc) is 3.27. The van der Waals surface area contributed by atoms with Crippen LogP contribution in [0.4, 0.5) is 0 Å². The van der Waals surface area contributed by atoms with Crippen LogP contribution in [0.15, 0.2) is 30.4 Å². The number of benzene rings is 1. The highest BCUT2D eigenvalue weighted by molar-refractivity contribution is 7.20. The van der Waals surface area contributed by atoms with Gasteiger partial charge in [0.05, 0.1) is 25.5 Å². The number of esters is 1. The number of ketones is 1. The number of aliphatic carboxylic acids is 1. The Hall–Kier alpha value is -3.40. The van der Waals surface area contributed by atoms with Crippen molar-refractivity contribution in [2.75, 3.05) is 20.8 Å². The van der Waals surface area contributed by atoms with Crippen molar-refractivity contribution >= 4 is 45.1 Å². The molecule has 1 aromatic carbocycles. The number of carboxylic acid groups (broad SMARTS) is 1. The molecule has 0 spiro atoms. The fourth-order valence-electron chi connectivity index (χ4n) is 4.10. The number of allylic oxidation sites excluding steroid dienone is 1. The van der Waals surface area contributed by atoms with E-state index in [1.165, 1.54) is 11.3 Å². The van der Waals surface area contributed by atoms with E-state index in [9.17, 15) is 19.2 Å². The summed E-state index contributed by atoms with van der Waals surface area (Å²) in [6, 6.07) is 5.41. The highest BCUT2D eigenvalue weighted by atomic mass is 32.1. The number of rotatable bonds is 10. The molecule has 2 atom stereocenters. The number of carbonyl (C=O) groups excluding carboxylic acids is 3. The number of carbonyl (C=O) groups is 4. The van der Waals surface area contributed by atoms with E-state index < -0.39 is 30.0 Å². The minimum absolute atomic E-state index is 0.0195. The van der Waals surface area contributed by atoms with Crippen molar-refractivity contribution in [3.63, 3.8) is 0 Å². The number of thiophene rings is 1. The predicted molar refractivity (Wildman–Crippen MR) is 135 cm³/mol. The van der Waals surface area contributed by atoms with Gasteiger partial charge in [-0.3, -0.25) is 19.2 Å². The average molecular weight is 518 g/mol. The molecule has 0 aliphatic heterocycles. The largest absolute Gasteiger partial charge is 0.493 e. The lowest BCUT2D eigenvalue weighted by molar-refractivity contribution is -0.147. The van der Waals surface area contributed by atoms with Crippen LogP contribution in [0.1, 0.15) is 55.1 Å². The van der Waals surface area contributed by atoms with Crippen LogP contribution < -0.4 is 14.8 Å². The second-order valence-corrected chi connectivity index (χ2v) is 10.0. The van der Waals surface area contributed by atoms with Gasteiger partial charge in [0.1, 0.15) is 12.6 Å². The van der Waals surface area contributed by atoms with Crippen molar-refractivity contribution < 1.29 is 38.5 Å². The lowest BCUT2D eigenvalue weighted by Crippen LogP contribution is -2.42. The second kappa shape index (κ2) is 12.0. The van der Waals surface area contributed by atoms with Gasteiger partial charge in [0.25, 0.3) is 0 Å². The topological polar surface area (TPSA) is 128 Å². The molecular weight excluding hydrogens is 486 g/mol. The number of methoxy groups -OCH3 is 2. The Morgan fingerprint density at radius 1 is 1.08 bits per heavy atom. The first-order valence-corrected chi connectivity index (χ1v) is 12.5. The van der Waals surface area contributed by atoms with E-state index in [1.54, 1.807) is 33.3 Å². The molecule has 10 heteroatoms. The summed E-state index contributed by atoms with van der Waals surface area (Å²) in [5.74, 6) is -0.907. The maximum absolute atomic E-state index is 12.7. The summed E-state index contributed by atoms with van der Waals surface area (Å²) in [6.45, 7) is 1.36. The summed E-state index contributed by atoms with van der Waals surface area (Å²) in [7, 11) is 3.10. The number of nitrogens with one attached hydrogen (secondary N) is 1. The summed E-state index contributed by atoms with van der Waals surface area (Å²) in [5, 5.41) is 12.1. The minimum atomic E-state index is -1.10. The SMILES string of the molecule is COc1cc2cc(C(=O)CCC(=O)O[C@H]3/C=C/CC[C@@](C)(C(=O)NCC(=O)O)CC3)sc2cc1OC. The van der Waals surface area contributed by atoms with Gasteiger partial charge in [-0.2, -0.15) is 0 Å². The second-order valence-electron chi connectivity index (χ2n) is 8.95. The van der Waals surface area contributed by atoms with Gasteiger partial charge in [0, 0.05) is 22.6 Å². The van der Waals surface area contributed by atoms with Gasteiger partial charge in [-0.15, -0.1) is 11.3 Å². The number of hydrogen-bond donors (Lipinski definition) is 2. The Balaban J connectivity index is 1.55. The Kier molecular flexibility index (Phi) is 9.08. The maximum atomic E-state index is 12.7. The molecule has 0 saturated carbocycles. The fourth-order valence-corrected chi connectivity index (χ4v) is 5.14. The van der Waals surface area contributed by atoms with Crippen molar-refractivity contribution in [1.82, 2.24) is 5.32 Å². The number of carboxylic acids is 1. The summed E-state index contributed by atoms with van der Waals surface area (Å²) in [6.07, 6.45) is 5.16. The number of fused-ring (bicyclic) bond motifs is 1. The number of amides is 1. The standard InChI is InChI=1S/C26H31NO8S/c1-26(25(32)27-15-23(29)30)10-5-4-6-17(9-11-26)35-24(31)8-7-18(28)22-13-16-12-19(33-2)20(34-3)14-21(16)36-22/h4,6,12-14,17H,5,7-11,15H2,1-3H3,(H,27,32)(H,29,30)/b6-4+/t17-,26+/m0/s1. The molecule has 1 aliphatic rings. The maximum Gasteiger partial charge on any atom is 0.322 e.